The molecule has 3 nitrogen and oxygen atoms in total. The summed E-state index contributed by atoms with van der Waals surface area (Å²) < 4.78 is 5.74. The Balaban J connectivity index is 2.30. The van der Waals surface area contributed by atoms with Gasteiger partial charge in [-0.25, -0.2) is 0 Å². The number of aromatic nitrogens is 1. The maximum Gasteiger partial charge on any atom is 0.145 e. The van der Waals surface area contributed by atoms with Gasteiger partial charge in [0, 0.05) is 18.3 Å². The fourth-order valence-corrected chi connectivity index (χ4v) is 1.46. The van der Waals surface area contributed by atoms with Gasteiger partial charge in [-0.1, -0.05) is 12.1 Å². The highest BCUT2D eigenvalue weighted by Gasteiger charge is 2.03. The molecular weight excluding hydrogens is 200 g/mol. The van der Waals surface area contributed by atoms with E-state index in [2.05, 4.69) is 4.98 Å². The van der Waals surface area contributed by atoms with Gasteiger partial charge in [0.1, 0.15) is 11.5 Å². The highest BCUT2D eigenvalue weighted by atomic mass is 16.5. The largest absolute Gasteiger partial charge is 0.455 e. The molecular formula is C13H14N2O. The van der Waals surface area contributed by atoms with E-state index in [0.717, 1.165) is 22.6 Å². The van der Waals surface area contributed by atoms with Crippen LogP contribution >= 0.6 is 0 Å². The molecule has 2 rings (SSSR count). The predicted octanol–water partition coefficient (Wildman–Crippen LogP) is 2.64. The maximum atomic E-state index is 5.74. The van der Waals surface area contributed by atoms with E-state index in [-0.39, 0.29) is 0 Å². The molecule has 82 valence electrons. The highest BCUT2D eigenvalue weighted by molar-refractivity contribution is 5.39. The second kappa shape index (κ2) is 4.77. The van der Waals surface area contributed by atoms with Gasteiger partial charge in [0.15, 0.2) is 0 Å². The first-order valence-corrected chi connectivity index (χ1v) is 5.17. The van der Waals surface area contributed by atoms with Crippen LogP contribution in [0.1, 0.15) is 11.1 Å². The molecule has 3 heteroatoms. The molecule has 0 saturated heterocycles. The van der Waals surface area contributed by atoms with E-state index in [1.165, 1.54) is 0 Å². The Bertz CT molecular complexity index is 469. The van der Waals surface area contributed by atoms with Crippen LogP contribution in [-0.2, 0) is 6.54 Å². The van der Waals surface area contributed by atoms with Crippen LogP contribution in [0.2, 0.25) is 0 Å². The third-order valence-corrected chi connectivity index (χ3v) is 2.30. The lowest BCUT2D eigenvalue weighted by atomic mass is 10.1. The lowest BCUT2D eigenvalue weighted by Crippen LogP contribution is -1.99. The van der Waals surface area contributed by atoms with Crippen molar-refractivity contribution >= 4 is 0 Å². The minimum absolute atomic E-state index is 0.468. The normalized spacial score (nSPS) is 10.1. The van der Waals surface area contributed by atoms with Crippen molar-refractivity contribution in [2.75, 3.05) is 0 Å². The Morgan fingerprint density at radius 2 is 2.19 bits per heavy atom. The third-order valence-electron chi connectivity index (χ3n) is 2.30. The van der Waals surface area contributed by atoms with Gasteiger partial charge in [0.25, 0.3) is 0 Å². The number of benzene rings is 1. The molecule has 0 bridgehead atoms. The number of rotatable bonds is 3. The molecule has 16 heavy (non-hydrogen) atoms. The van der Waals surface area contributed by atoms with Crippen molar-refractivity contribution in [3.63, 3.8) is 0 Å². The van der Waals surface area contributed by atoms with E-state index in [4.69, 9.17) is 10.5 Å². The summed E-state index contributed by atoms with van der Waals surface area (Å²) >= 11 is 0. The zero-order chi connectivity index (χ0) is 11.4. The summed E-state index contributed by atoms with van der Waals surface area (Å²) in [5.41, 5.74) is 7.80. The van der Waals surface area contributed by atoms with Gasteiger partial charge in [-0.3, -0.25) is 4.98 Å². The minimum Gasteiger partial charge on any atom is -0.455 e. The molecule has 0 unspecified atom stereocenters. The summed E-state index contributed by atoms with van der Waals surface area (Å²) in [6, 6.07) is 9.71. The summed E-state index contributed by atoms with van der Waals surface area (Å²) in [5, 5.41) is 0. The van der Waals surface area contributed by atoms with Gasteiger partial charge in [0.05, 0.1) is 6.20 Å². The SMILES string of the molecule is Cc1ccc(CN)c(Oc2cccnc2)c1. The average molecular weight is 214 g/mol. The fourth-order valence-electron chi connectivity index (χ4n) is 1.46. The zero-order valence-electron chi connectivity index (χ0n) is 9.18. The van der Waals surface area contributed by atoms with Crippen molar-refractivity contribution < 1.29 is 4.74 Å². The number of aryl methyl sites for hydroxylation is 1. The molecule has 0 aliphatic rings. The van der Waals surface area contributed by atoms with E-state index in [9.17, 15) is 0 Å². The molecule has 0 saturated carbocycles. The standard InChI is InChI=1S/C13H14N2O/c1-10-4-5-11(8-14)13(7-10)16-12-3-2-6-15-9-12/h2-7,9H,8,14H2,1H3. The molecule has 2 N–H and O–H groups in total. The molecule has 1 aromatic heterocycles. The Hall–Kier alpha value is -1.87. The second-order valence-corrected chi connectivity index (χ2v) is 3.61. The first kappa shape index (κ1) is 10.6. The van der Waals surface area contributed by atoms with E-state index >= 15 is 0 Å². The summed E-state index contributed by atoms with van der Waals surface area (Å²) in [4.78, 5) is 4.00. The van der Waals surface area contributed by atoms with Gasteiger partial charge < -0.3 is 10.5 Å². The van der Waals surface area contributed by atoms with Crippen LogP contribution in [0.15, 0.2) is 42.7 Å². The van der Waals surface area contributed by atoms with Crippen LogP contribution < -0.4 is 10.5 Å². The van der Waals surface area contributed by atoms with Crippen LogP contribution in [0.4, 0.5) is 0 Å². The Kier molecular flexibility index (Phi) is 3.17. The maximum absolute atomic E-state index is 5.74. The molecule has 0 spiro atoms. The fraction of sp³-hybridized carbons (Fsp3) is 0.154. The van der Waals surface area contributed by atoms with Crippen molar-refractivity contribution in [2.24, 2.45) is 5.73 Å². The third kappa shape index (κ3) is 2.38. The smallest absolute Gasteiger partial charge is 0.145 e. The number of ether oxygens (including phenoxy) is 1. The van der Waals surface area contributed by atoms with Crippen molar-refractivity contribution in [2.45, 2.75) is 13.5 Å². The van der Waals surface area contributed by atoms with E-state index < -0.39 is 0 Å². The quantitative estimate of drug-likeness (QED) is 0.854. The van der Waals surface area contributed by atoms with Crippen LogP contribution in [0.5, 0.6) is 11.5 Å². The molecule has 1 aromatic carbocycles. The van der Waals surface area contributed by atoms with Crippen molar-refractivity contribution in [1.82, 2.24) is 4.98 Å². The number of nitrogens with two attached hydrogens (primary N) is 1. The van der Waals surface area contributed by atoms with Crippen LogP contribution in [0, 0.1) is 6.92 Å². The van der Waals surface area contributed by atoms with Gasteiger partial charge in [-0.15, -0.1) is 0 Å². The topological polar surface area (TPSA) is 48.1 Å². The summed E-state index contributed by atoms with van der Waals surface area (Å²) in [6.07, 6.45) is 3.40. The van der Waals surface area contributed by atoms with Gasteiger partial charge >= 0.3 is 0 Å². The van der Waals surface area contributed by atoms with E-state index in [1.54, 1.807) is 12.4 Å². The van der Waals surface area contributed by atoms with E-state index in [1.807, 2.05) is 37.3 Å². The molecule has 0 amide bonds. The molecule has 0 fully saturated rings. The summed E-state index contributed by atoms with van der Waals surface area (Å²) in [6.45, 7) is 2.49. The summed E-state index contributed by atoms with van der Waals surface area (Å²) in [5.74, 6) is 1.53. The Morgan fingerprint density at radius 3 is 2.88 bits per heavy atom. The lowest BCUT2D eigenvalue weighted by molar-refractivity contribution is 0.473. The minimum atomic E-state index is 0.468. The monoisotopic (exact) mass is 214 g/mol. The Morgan fingerprint density at radius 1 is 1.31 bits per heavy atom. The van der Waals surface area contributed by atoms with Crippen LogP contribution in [-0.4, -0.2) is 4.98 Å². The molecule has 1 heterocycles. The summed E-state index contributed by atoms with van der Waals surface area (Å²) in [7, 11) is 0. The second-order valence-electron chi connectivity index (χ2n) is 3.61. The van der Waals surface area contributed by atoms with Gasteiger partial charge in [0.2, 0.25) is 0 Å². The first-order valence-electron chi connectivity index (χ1n) is 5.17. The molecule has 0 aliphatic heterocycles. The van der Waals surface area contributed by atoms with E-state index in [0.29, 0.717) is 6.54 Å². The number of hydrogen-bond acceptors (Lipinski definition) is 3. The van der Waals surface area contributed by atoms with Crippen molar-refractivity contribution in [1.29, 1.82) is 0 Å². The number of hydrogen-bond donors (Lipinski definition) is 1. The Labute approximate surface area is 94.9 Å². The van der Waals surface area contributed by atoms with Gasteiger partial charge in [-0.2, -0.15) is 0 Å². The predicted molar refractivity (Wildman–Crippen MR) is 63.4 cm³/mol. The lowest BCUT2D eigenvalue weighted by Gasteiger charge is -2.10. The molecule has 2 aromatic rings. The average Bonchev–Trinajstić information content (AvgIpc) is 2.31. The van der Waals surface area contributed by atoms with Crippen LogP contribution in [0.3, 0.4) is 0 Å². The number of pyridine rings is 1. The number of nitrogens with zero attached hydrogens (tertiary/aromatic N) is 1. The highest BCUT2D eigenvalue weighted by Crippen LogP contribution is 2.25. The van der Waals surface area contributed by atoms with Crippen molar-refractivity contribution in [3.05, 3.63) is 53.9 Å². The molecule has 0 radical (unpaired) electrons. The first-order chi connectivity index (χ1) is 7.79. The van der Waals surface area contributed by atoms with Crippen LogP contribution in [0.25, 0.3) is 0 Å². The molecule has 0 aliphatic carbocycles. The molecule has 0 atom stereocenters. The van der Waals surface area contributed by atoms with Crippen molar-refractivity contribution in [3.8, 4) is 11.5 Å². The zero-order valence-corrected chi connectivity index (χ0v) is 9.18. The van der Waals surface area contributed by atoms with Gasteiger partial charge in [-0.05, 0) is 30.7 Å².